The summed E-state index contributed by atoms with van der Waals surface area (Å²) in [6, 6.07) is 0. The van der Waals surface area contributed by atoms with Gasteiger partial charge in [0.25, 0.3) is 5.79 Å². The standard InChI is InChI=1S/C21H40O4/c1-3-4-5-6-7-8-9-10-11-12-13-14-15-16-17-19-18-24-21(2,25-19)20(22)23/h19H,3-18H2,1-2H3,(H,22,23). The second-order valence-corrected chi connectivity index (χ2v) is 7.69. The van der Waals surface area contributed by atoms with E-state index in [1.165, 1.54) is 90.4 Å². The van der Waals surface area contributed by atoms with Crippen molar-refractivity contribution in [2.75, 3.05) is 6.61 Å². The molecule has 0 aromatic rings. The third-order valence-electron chi connectivity index (χ3n) is 5.20. The molecule has 1 fully saturated rings. The number of carbonyl (C=O) groups is 1. The third-order valence-corrected chi connectivity index (χ3v) is 5.20. The largest absolute Gasteiger partial charge is 0.477 e. The fourth-order valence-corrected chi connectivity index (χ4v) is 3.46. The summed E-state index contributed by atoms with van der Waals surface area (Å²) in [7, 11) is 0. The first-order valence-corrected chi connectivity index (χ1v) is 10.6. The van der Waals surface area contributed by atoms with E-state index >= 15 is 0 Å². The molecule has 2 unspecified atom stereocenters. The highest BCUT2D eigenvalue weighted by molar-refractivity contribution is 5.75. The number of carboxylic acids is 1. The van der Waals surface area contributed by atoms with Gasteiger partial charge in [0.1, 0.15) is 0 Å². The maximum Gasteiger partial charge on any atom is 0.364 e. The molecule has 0 spiro atoms. The van der Waals surface area contributed by atoms with Crippen LogP contribution in [0.25, 0.3) is 0 Å². The Morgan fingerprint density at radius 3 is 1.72 bits per heavy atom. The van der Waals surface area contributed by atoms with Crippen molar-refractivity contribution in [3.63, 3.8) is 0 Å². The summed E-state index contributed by atoms with van der Waals surface area (Å²) in [5, 5.41) is 9.03. The molecule has 4 nitrogen and oxygen atoms in total. The Kier molecular flexibility index (Phi) is 12.2. The molecule has 1 rings (SSSR count). The highest BCUT2D eigenvalue weighted by Gasteiger charge is 2.43. The molecule has 1 N–H and O–H groups in total. The summed E-state index contributed by atoms with van der Waals surface area (Å²) >= 11 is 0. The zero-order valence-electron chi connectivity index (χ0n) is 16.6. The number of hydrogen-bond donors (Lipinski definition) is 1. The highest BCUT2D eigenvalue weighted by atomic mass is 16.8. The van der Waals surface area contributed by atoms with E-state index in [-0.39, 0.29) is 6.10 Å². The average Bonchev–Trinajstić information content (AvgIpc) is 2.98. The molecule has 2 atom stereocenters. The average molecular weight is 357 g/mol. The van der Waals surface area contributed by atoms with E-state index < -0.39 is 11.8 Å². The van der Waals surface area contributed by atoms with Crippen LogP contribution in [0.15, 0.2) is 0 Å². The predicted octanol–water partition coefficient (Wildman–Crippen LogP) is 6.07. The molecule has 1 saturated heterocycles. The third kappa shape index (κ3) is 10.2. The maximum absolute atomic E-state index is 11.0. The van der Waals surface area contributed by atoms with Gasteiger partial charge in [-0.2, -0.15) is 0 Å². The molecular formula is C21H40O4. The van der Waals surface area contributed by atoms with E-state index in [9.17, 15) is 4.79 Å². The summed E-state index contributed by atoms with van der Waals surface area (Å²) < 4.78 is 10.8. The Balaban J connectivity index is 1.80. The lowest BCUT2D eigenvalue weighted by atomic mass is 10.0. The first-order chi connectivity index (χ1) is 12.1. The molecule has 148 valence electrons. The molecule has 0 aromatic carbocycles. The van der Waals surface area contributed by atoms with Crippen LogP contribution in [-0.4, -0.2) is 29.6 Å². The Morgan fingerprint density at radius 2 is 1.32 bits per heavy atom. The molecule has 4 heteroatoms. The van der Waals surface area contributed by atoms with E-state index in [2.05, 4.69) is 6.92 Å². The lowest BCUT2D eigenvalue weighted by Crippen LogP contribution is -2.36. The van der Waals surface area contributed by atoms with Crippen LogP contribution in [0.3, 0.4) is 0 Å². The van der Waals surface area contributed by atoms with Crippen molar-refractivity contribution in [2.24, 2.45) is 0 Å². The zero-order chi connectivity index (χ0) is 18.4. The normalized spacial score (nSPS) is 23.2. The maximum atomic E-state index is 11.0. The second-order valence-electron chi connectivity index (χ2n) is 7.69. The summed E-state index contributed by atoms with van der Waals surface area (Å²) in [4.78, 5) is 11.0. The van der Waals surface area contributed by atoms with Gasteiger partial charge < -0.3 is 14.6 Å². The minimum absolute atomic E-state index is 0.0570. The summed E-state index contributed by atoms with van der Waals surface area (Å²) in [5.41, 5.74) is 0. The van der Waals surface area contributed by atoms with Gasteiger partial charge in [-0.05, 0) is 6.42 Å². The van der Waals surface area contributed by atoms with E-state index in [0.717, 1.165) is 12.8 Å². The van der Waals surface area contributed by atoms with E-state index in [0.29, 0.717) is 6.61 Å². The number of unbranched alkanes of at least 4 members (excludes halogenated alkanes) is 13. The predicted molar refractivity (Wildman–Crippen MR) is 102 cm³/mol. The fourth-order valence-electron chi connectivity index (χ4n) is 3.46. The van der Waals surface area contributed by atoms with Gasteiger partial charge >= 0.3 is 5.97 Å². The van der Waals surface area contributed by atoms with Crippen LogP contribution in [0.5, 0.6) is 0 Å². The van der Waals surface area contributed by atoms with Crippen molar-refractivity contribution in [2.45, 2.75) is 122 Å². The van der Waals surface area contributed by atoms with E-state index in [1.54, 1.807) is 0 Å². The van der Waals surface area contributed by atoms with Gasteiger partial charge in [-0.1, -0.05) is 96.8 Å². The highest BCUT2D eigenvalue weighted by Crippen LogP contribution is 2.26. The minimum Gasteiger partial charge on any atom is -0.477 e. The number of hydrogen-bond acceptors (Lipinski definition) is 3. The molecule has 1 aliphatic heterocycles. The first kappa shape index (κ1) is 22.4. The van der Waals surface area contributed by atoms with Gasteiger partial charge in [-0.25, -0.2) is 4.79 Å². The van der Waals surface area contributed by atoms with E-state index in [4.69, 9.17) is 14.6 Å². The van der Waals surface area contributed by atoms with Crippen molar-refractivity contribution in [1.82, 2.24) is 0 Å². The van der Waals surface area contributed by atoms with Gasteiger partial charge in [0, 0.05) is 6.92 Å². The van der Waals surface area contributed by atoms with Crippen LogP contribution in [0, 0.1) is 0 Å². The molecule has 0 radical (unpaired) electrons. The van der Waals surface area contributed by atoms with Crippen LogP contribution >= 0.6 is 0 Å². The molecule has 25 heavy (non-hydrogen) atoms. The second kappa shape index (κ2) is 13.6. The Bertz CT molecular complexity index is 345. The van der Waals surface area contributed by atoms with Crippen molar-refractivity contribution in [3.05, 3.63) is 0 Å². The van der Waals surface area contributed by atoms with Crippen LogP contribution in [-0.2, 0) is 14.3 Å². The van der Waals surface area contributed by atoms with Gasteiger partial charge in [-0.3, -0.25) is 0 Å². The smallest absolute Gasteiger partial charge is 0.364 e. The van der Waals surface area contributed by atoms with Gasteiger partial charge in [0.2, 0.25) is 0 Å². The Morgan fingerprint density at radius 1 is 0.880 bits per heavy atom. The van der Waals surface area contributed by atoms with Crippen LogP contribution in [0.2, 0.25) is 0 Å². The van der Waals surface area contributed by atoms with Crippen LogP contribution in [0.4, 0.5) is 0 Å². The fraction of sp³-hybridized carbons (Fsp3) is 0.952. The monoisotopic (exact) mass is 356 g/mol. The number of carboxylic acid groups (broad SMARTS) is 1. The summed E-state index contributed by atoms with van der Waals surface area (Å²) in [5.74, 6) is -2.46. The molecule has 0 bridgehead atoms. The topological polar surface area (TPSA) is 55.8 Å². The molecule has 1 aliphatic rings. The number of rotatable bonds is 16. The lowest BCUT2D eigenvalue weighted by Gasteiger charge is -2.17. The summed E-state index contributed by atoms with van der Waals surface area (Å²) in [6.07, 6.45) is 19.7. The number of aliphatic carboxylic acids is 1. The van der Waals surface area contributed by atoms with Crippen molar-refractivity contribution >= 4 is 5.97 Å². The minimum atomic E-state index is -1.43. The molecule has 0 aromatic heterocycles. The van der Waals surface area contributed by atoms with Crippen molar-refractivity contribution in [1.29, 1.82) is 0 Å². The Hall–Kier alpha value is -0.610. The van der Waals surface area contributed by atoms with Gasteiger partial charge in [0.15, 0.2) is 0 Å². The van der Waals surface area contributed by atoms with Crippen LogP contribution < -0.4 is 0 Å². The molecule has 1 heterocycles. The molecule has 0 saturated carbocycles. The molecule has 0 amide bonds. The van der Waals surface area contributed by atoms with Gasteiger partial charge in [0.05, 0.1) is 12.7 Å². The lowest BCUT2D eigenvalue weighted by molar-refractivity contribution is -0.199. The van der Waals surface area contributed by atoms with Crippen molar-refractivity contribution in [3.8, 4) is 0 Å². The SMILES string of the molecule is CCCCCCCCCCCCCCCCC1COC(C)(C(=O)O)O1. The molecule has 0 aliphatic carbocycles. The number of ether oxygens (including phenoxy) is 2. The van der Waals surface area contributed by atoms with Crippen LogP contribution in [0.1, 0.15) is 110 Å². The molecular weight excluding hydrogens is 316 g/mol. The summed E-state index contributed by atoms with van der Waals surface area (Å²) in [6.45, 7) is 4.16. The Labute approximate surface area is 154 Å². The van der Waals surface area contributed by atoms with Crippen molar-refractivity contribution < 1.29 is 19.4 Å². The first-order valence-electron chi connectivity index (χ1n) is 10.6. The zero-order valence-corrected chi connectivity index (χ0v) is 16.6. The van der Waals surface area contributed by atoms with Gasteiger partial charge in [-0.15, -0.1) is 0 Å². The quantitative estimate of drug-likeness (QED) is 0.341. The van der Waals surface area contributed by atoms with E-state index in [1.807, 2.05) is 0 Å².